The maximum Gasteiger partial charge on any atom is 0.341 e. The van der Waals surface area contributed by atoms with Gasteiger partial charge in [0, 0.05) is 25.0 Å². The number of rotatable bonds is 6. The first kappa shape index (κ1) is 17.9. The zero-order valence-corrected chi connectivity index (χ0v) is 14.5. The van der Waals surface area contributed by atoms with Crippen molar-refractivity contribution in [2.24, 2.45) is 0 Å². The average molecular weight is 359 g/mol. The number of aromatic nitrogens is 2. The number of nitrogens with zero attached hydrogens (tertiary/aromatic N) is 2. The van der Waals surface area contributed by atoms with Crippen molar-refractivity contribution in [1.29, 1.82) is 0 Å². The van der Waals surface area contributed by atoms with Crippen molar-refractivity contribution in [3.63, 3.8) is 0 Å². The Morgan fingerprint density at radius 2 is 2.12 bits per heavy atom. The number of carboxylic acids is 1. The second-order valence-corrected chi connectivity index (χ2v) is 6.12. The summed E-state index contributed by atoms with van der Waals surface area (Å²) in [6.45, 7) is 2.74. The lowest BCUT2D eigenvalue weighted by atomic mass is 10.1. The van der Waals surface area contributed by atoms with Gasteiger partial charge in [-0.1, -0.05) is 6.07 Å². The van der Waals surface area contributed by atoms with Crippen molar-refractivity contribution in [1.82, 2.24) is 9.78 Å². The molecule has 138 valence electrons. The van der Waals surface area contributed by atoms with E-state index in [0.717, 1.165) is 18.5 Å². The van der Waals surface area contributed by atoms with E-state index >= 15 is 0 Å². The number of hydrogen-bond donors (Lipinski definition) is 2. The fourth-order valence-electron chi connectivity index (χ4n) is 2.90. The van der Waals surface area contributed by atoms with Crippen LogP contribution in [0, 0.1) is 6.92 Å². The lowest BCUT2D eigenvalue weighted by molar-refractivity contribution is -0.139. The van der Waals surface area contributed by atoms with Crippen LogP contribution >= 0.6 is 0 Å². The molecule has 1 amide bonds. The summed E-state index contributed by atoms with van der Waals surface area (Å²) in [4.78, 5) is 23.3. The monoisotopic (exact) mass is 359 g/mol. The fraction of sp³-hybridized carbons (Fsp3) is 0.389. The number of ether oxygens (including phenoxy) is 2. The quantitative estimate of drug-likeness (QED) is 0.820. The van der Waals surface area contributed by atoms with Crippen molar-refractivity contribution in [3.05, 3.63) is 41.7 Å². The SMILES string of the molecule is Cc1cc(C(=O)Nc2cccc(OCC(=O)O)c2)n(C2CCOCC2)n1. The van der Waals surface area contributed by atoms with Gasteiger partial charge in [-0.15, -0.1) is 0 Å². The molecule has 0 radical (unpaired) electrons. The predicted molar refractivity (Wildman–Crippen MR) is 93.6 cm³/mol. The Labute approximate surface area is 150 Å². The Hall–Kier alpha value is -2.87. The summed E-state index contributed by atoms with van der Waals surface area (Å²) in [5, 5.41) is 16.0. The number of amides is 1. The summed E-state index contributed by atoms with van der Waals surface area (Å²) in [7, 11) is 0. The molecule has 1 aromatic heterocycles. The van der Waals surface area contributed by atoms with Gasteiger partial charge >= 0.3 is 5.97 Å². The smallest absolute Gasteiger partial charge is 0.341 e. The third-order valence-electron chi connectivity index (χ3n) is 4.08. The molecular formula is C18H21N3O5. The molecule has 26 heavy (non-hydrogen) atoms. The number of nitrogens with one attached hydrogen (secondary N) is 1. The van der Waals surface area contributed by atoms with Gasteiger partial charge in [0.1, 0.15) is 11.4 Å². The molecule has 0 unspecified atom stereocenters. The third-order valence-corrected chi connectivity index (χ3v) is 4.08. The van der Waals surface area contributed by atoms with E-state index in [1.165, 1.54) is 0 Å². The number of aryl methyl sites for hydroxylation is 1. The van der Waals surface area contributed by atoms with Crippen molar-refractivity contribution < 1.29 is 24.2 Å². The minimum atomic E-state index is -1.06. The highest BCUT2D eigenvalue weighted by Crippen LogP contribution is 2.24. The van der Waals surface area contributed by atoms with E-state index in [-0.39, 0.29) is 11.9 Å². The van der Waals surface area contributed by atoms with Crippen LogP contribution in [-0.2, 0) is 9.53 Å². The van der Waals surface area contributed by atoms with E-state index in [0.29, 0.717) is 30.3 Å². The van der Waals surface area contributed by atoms with Crippen LogP contribution in [0.4, 0.5) is 5.69 Å². The minimum Gasteiger partial charge on any atom is -0.482 e. The van der Waals surface area contributed by atoms with Gasteiger partial charge in [0.05, 0.1) is 11.7 Å². The Bertz CT molecular complexity index is 796. The fourth-order valence-corrected chi connectivity index (χ4v) is 2.90. The van der Waals surface area contributed by atoms with Crippen molar-refractivity contribution in [2.45, 2.75) is 25.8 Å². The first-order chi connectivity index (χ1) is 12.5. The van der Waals surface area contributed by atoms with E-state index in [1.807, 2.05) is 6.92 Å². The third kappa shape index (κ3) is 4.40. The zero-order chi connectivity index (χ0) is 18.5. The molecule has 2 heterocycles. The number of benzene rings is 1. The zero-order valence-electron chi connectivity index (χ0n) is 14.5. The summed E-state index contributed by atoms with van der Waals surface area (Å²) in [6.07, 6.45) is 1.64. The first-order valence-corrected chi connectivity index (χ1v) is 8.43. The molecule has 1 saturated heterocycles. The lowest BCUT2D eigenvalue weighted by Crippen LogP contribution is -2.25. The standard InChI is InChI=1S/C18H21N3O5/c1-12-9-16(21(20-12)14-5-7-25-8-6-14)18(24)19-13-3-2-4-15(10-13)26-11-17(22)23/h2-4,9-10,14H,5-8,11H2,1H3,(H,19,24)(H,22,23). The van der Waals surface area contributed by atoms with Crippen LogP contribution in [0.15, 0.2) is 30.3 Å². The first-order valence-electron chi connectivity index (χ1n) is 8.43. The molecule has 1 aromatic carbocycles. The van der Waals surface area contributed by atoms with Crippen LogP contribution in [-0.4, -0.2) is 46.6 Å². The molecule has 0 saturated carbocycles. The molecule has 1 fully saturated rings. The van der Waals surface area contributed by atoms with E-state index in [1.54, 1.807) is 35.0 Å². The van der Waals surface area contributed by atoms with Gasteiger partial charge in [0.15, 0.2) is 6.61 Å². The van der Waals surface area contributed by atoms with Crippen molar-refractivity contribution in [3.8, 4) is 5.75 Å². The van der Waals surface area contributed by atoms with Crippen LogP contribution in [0.1, 0.15) is 35.1 Å². The number of carbonyl (C=O) groups excluding carboxylic acids is 1. The molecule has 8 nitrogen and oxygen atoms in total. The summed E-state index contributed by atoms with van der Waals surface area (Å²) in [5.41, 5.74) is 1.79. The van der Waals surface area contributed by atoms with Crippen molar-refractivity contribution in [2.75, 3.05) is 25.1 Å². The number of aliphatic carboxylic acids is 1. The van der Waals surface area contributed by atoms with Gasteiger partial charge in [-0.3, -0.25) is 9.48 Å². The van der Waals surface area contributed by atoms with Gasteiger partial charge in [0.2, 0.25) is 0 Å². The molecule has 8 heteroatoms. The molecule has 0 bridgehead atoms. The highest BCUT2D eigenvalue weighted by molar-refractivity contribution is 6.03. The van der Waals surface area contributed by atoms with Crippen LogP contribution in [0.25, 0.3) is 0 Å². The highest BCUT2D eigenvalue weighted by Gasteiger charge is 2.23. The van der Waals surface area contributed by atoms with Gasteiger partial charge in [-0.25, -0.2) is 4.79 Å². The maximum absolute atomic E-state index is 12.7. The molecule has 0 spiro atoms. The number of carbonyl (C=O) groups is 2. The summed E-state index contributed by atoms with van der Waals surface area (Å²) < 4.78 is 12.3. The van der Waals surface area contributed by atoms with Crippen LogP contribution < -0.4 is 10.1 Å². The largest absolute Gasteiger partial charge is 0.482 e. The second kappa shape index (κ2) is 8.01. The van der Waals surface area contributed by atoms with E-state index in [2.05, 4.69) is 10.4 Å². The Morgan fingerprint density at radius 1 is 1.35 bits per heavy atom. The highest BCUT2D eigenvalue weighted by atomic mass is 16.5. The normalized spacial score (nSPS) is 14.8. The van der Waals surface area contributed by atoms with Gasteiger partial charge < -0.3 is 19.9 Å². The van der Waals surface area contributed by atoms with Gasteiger partial charge in [-0.2, -0.15) is 5.10 Å². The lowest BCUT2D eigenvalue weighted by Gasteiger charge is -2.24. The molecule has 3 rings (SSSR count). The molecule has 0 atom stereocenters. The van der Waals surface area contributed by atoms with E-state index in [9.17, 15) is 9.59 Å². The topological polar surface area (TPSA) is 103 Å². The van der Waals surface area contributed by atoms with Crippen molar-refractivity contribution >= 4 is 17.6 Å². The average Bonchev–Trinajstić information content (AvgIpc) is 3.03. The summed E-state index contributed by atoms with van der Waals surface area (Å²) >= 11 is 0. The van der Waals surface area contributed by atoms with E-state index in [4.69, 9.17) is 14.6 Å². The Morgan fingerprint density at radius 3 is 2.85 bits per heavy atom. The minimum absolute atomic E-state index is 0.142. The second-order valence-electron chi connectivity index (χ2n) is 6.12. The molecule has 1 aliphatic heterocycles. The molecule has 2 aromatic rings. The number of anilines is 1. The molecule has 1 aliphatic rings. The van der Waals surface area contributed by atoms with Crippen LogP contribution in [0.2, 0.25) is 0 Å². The van der Waals surface area contributed by atoms with Gasteiger partial charge in [-0.05, 0) is 38.0 Å². The number of carboxylic acid groups (broad SMARTS) is 1. The maximum atomic E-state index is 12.7. The molecule has 0 aliphatic carbocycles. The Kier molecular flexibility index (Phi) is 5.52. The summed E-state index contributed by atoms with van der Waals surface area (Å²) in [5.74, 6) is -0.956. The summed E-state index contributed by atoms with van der Waals surface area (Å²) in [6, 6.07) is 8.53. The molecular weight excluding hydrogens is 338 g/mol. The van der Waals surface area contributed by atoms with E-state index < -0.39 is 12.6 Å². The molecule has 2 N–H and O–H groups in total. The predicted octanol–water partition coefficient (Wildman–Crippen LogP) is 2.26. The van der Waals surface area contributed by atoms with Crippen LogP contribution in [0.3, 0.4) is 0 Å². The van der Waals surface area contributed by atoms with Crippen LogP contribution in [0.5, 0.6) is 5.75 Å². The van der Waals surface area contributed by atoms with Gasteiger partial charge in [0.25, 0.3) is 5.91 Å². The number of hydrogen-bond acceptors (Lipinski definition) is 5. The Balaban J connectivity index is 1.74.